The number of allylic oxidation sites excluding steroid dienone is 1. The maximum absolute atomic E-state index is 5.11. The number of rotatable bonds is 5. The summed E-state index contributed by atoms with van der Waals surface area (Å²) < 4.78 is 10.9. The molecule has 0 rings (SSSR count). The fraction of sp³-hybridized carbons (Fsp3) is 0.800. The molecule has 0 radical (unpaired) electrons. The first-order chi connectivity index (χ1) is 5.66. The Kier molecular flexibility index (Phi) is 6.06. The minimum atomic E-state index is -1.86. The van der Waals surface area contributed by atoms with Crippen molar-refractivity contribution in [2.24, 2.45) is 0 Å². The summed E-state index contributed by atoms with van der Waals surface area (Å²) in [7, 11) is 1.75. The maximum atomic E-state index is 5.11. The topological polar surface area (TPSA) is 9.23 Å². The van der Waals surface area contributed by atoms with Crippen LogP contribution in [-0.2, 0) is 4.74 Å². The van der Waals surface area contributed by atoms with E-state index in [9.17, 15) is 0 Å². The van der Waals surface area contributed by atoms with Crippen LogP contribution in [0.2, 0.25) is 13.3 Å². The molecule has 0 unspecified atom stereocenters. The molecule has 0 aromatic heterocycles. The van der Waals surface area contributed by atoms with E-state index in [2.05, 4.69) is 27.7 Å². The number of hydrogen-bond acceptors (Lipinski definition) is 1. The fourth-order valence-electron chi connectivity index (χ4n) is 1.89. The van der Waals surface area contributed by atoms with E-state index in [1.165, 1.54) is 13.3 Å². The van der Waals surface area contributed by atoms with Crippen molar-refractivity contribution in [1.82, 2.24) is 0 Å². The molecule has 72 valence electrons. The van der Waals surface area contributed by atoms with E-state index >= 15 is 0 Å². The number of methoxy groups -OCH3 is 1. The average Bonchev–Trinajstić information content (AvgIpc) is 2.09. The Hall–Kier alpha value is 0.339. The predicted molar refractivity (Wildman–Crippen MR) is 58.0 cm³/mol. The van der Waals surface area contributed by atoms with Crippen molar-refractivity contribution in [3.63, 3.8) is 0 Å². The molecule has 2 heteroatoms. The molecular formula is C10H22OSn. The van der Waals surface area contributed by atoms with Crippen LogP contribution in [0.25, 0.3) is 0 Å². The van der Waals surface area contributed by atoms with Gasteiger partial charge in [-0.05, 0) is 0 Å². The molecule has 0 aromatic carbocycles. The van der Waals surface area contributed by atoms with Gasteiger partial charge in [0.2, 0.25) is 0 Å². The second-order valence-corrected chi connectivity index (χ2v) is 19.0. The summed E-state index contributed by atoms with van der Waals surface area (Å²) in [6, 6.07) is 0. The van der Waals surface area contributed by atoms with Crippen LogP contribution in [-0.4, -0.2) is 25.5 Å². The Balaban J connectivity index is 4.58. The monoisotopic (exact) mass is 278 g/mol. The van der Waals surface area contributed by atoms with Gasteiger partial charge in [0.1, 0.15) is 0 Å². The van der Waals surface area contributed by atoms with Crippen LogP contribution in [0, 0.1) is 0 Å². The van der Waals surface area contributed by atoms with Gasteiger partial charge in [0.15, 0.2) is 0 Å². The van der Waals surface area contributed by atoms with E-state index in [0.29, 0.717) is 0 Å². The van der Waals surface area contributed by atoms with E-state index in [4.69, 9.17) is 4.74 Å². The zero-order valence-electron chi connectivity index (χ0n) is 9.11. The van der Waals surface area contributed by atoms with Crippen molar-refractivity contribution in [2.75, 3.05) is 7.11 Å². The van der Waals surface area contributed by atoms with Gasteiger partial charge in [0, 0.05) is 0 Å². The quantitative estimate of drug-likeness (QED) is 0.551. The first-order valence-corrected chi connectivity index (χ1v) is 12.3. The zero-order chi connectivity index (χ0) is 9.61. The second kappa shape index (κ2) is 5.89. The van der Waals surface area contributed by atoms with Crippen molar-refractivity contribution in [3.8, 4) is 0 Å². The molecule has 0 spiro atoms. The molecule has 0 N–H and O–H groups in total. The molecule has 0 amide bonds. The Morgan fingerprint density at radius 3 is 1.83 bits per heavy atom. The Bertz CT molecular complexity index is 140. The van der Waals surface area contributed by atoms with Crippen molar-refractivity contribution < 1.29 is 4.74 Å². The van der Waals surface area contributed by atoms with Crippen LogP contribution in [0.5, 0.6) is 0 Å². The molecule has 0 heterocycles. The standard InChI is InChI=1S/C4H7O.3C2H5.Sn/c1-3-4-5-2;3*1-2;/h4H,1-2H3;3*1H2,2H3;. The van der Waals surface area contributed by atoms with Crippen LogP contribution >= 0.6 is 0 Å². The van der Waals surface area contributed by atoms with Gasteiger partial charge in [-0.1, -0.05) is 0 Å². The number of ether oxygens (including phenoxy) is 1. The summed E-state index contributed by atoms with van der Waals surface area (Å²) in [6.45, 7) is 9.29. The molecule has 0 aliphatic rings. The summed E-state index contributed by atoms with van der Waals surface area (Å²) in [5.41, 5.74) is 0. The third-order valence-corrected chi connectivity index (χ3v) is 19.9. The fourth-order valence-corrected chi connectivity index (χ4v) is 12.0. The third kappa shape index (κ3) is 2.68. The average molecular weight is 277 g/mol. The van der Waals surface area contributed by atoms with Gasteiger partial charge in [-0.15, -0.1) is 0 Å². The molecule has 0 aliphatic heterocycles. The van der Waals surface area contributed by atoms with E-state index in [-0.39, 0.29) is 0 Å². The van der Waals surface area contributed by atoms with Crippen LogP contribution in [0.15, 0.2) is 9.85 Å². The first kappa shape index (κ1) is 12.3. The molecule has 0 bridgehead atoms. The van der Waals surface area contributed by atoms with E-state index in [0.717, 1.165) is 0 Å². The number of hydrogen-bond donors (Lipinski definition) is 0. The Morgan fingerprint density at radius 1 is 1.17 bits per heavy atom. The van der Waals surface area contributed by atoms with E-state index in [1.54, 1.807) is 10.7 Å². The van der Waals surface area contributed by atoms with Crippen LogP contribution in [0.1, 0.15) is 27.7 Å². The van der Waals surface area contributed by atoms with Crippen molar-refractivity contribution in [1.29, 1.82) is 0 Å². The van der Waals surface area contributed by atoms with E-state index in [1.807, 2.05) is 6.26 Å². The normalized spacial score (nSPS) is 13.2. The molecule has 0 fully saturated rings. The predicted octanol–water partition coefficient (Wildman–Crippen LogP) is 3.58. The first-order valence-electron chi connectivity index (χ1n) is 4.86. The second-order valence-electron chi connectivity index (χ2n) is 3.38. The van der Waals surface area contributed by atoms with Gasteiger partial charge in [-0.3, -0.25) is 0 Å². The minimum absolute atomic E-state index is 1.41. The van der Waals surface area contributed by atoms with E-state index < -0.39 is 18.4 Å². The Morgan fingerprint density at radius 2 is 1.58 bits per heavy atom. The van der Waals surface area contributed by atoms with Gasteiger partial charge in [0.25, 0.3) is 0 Å². The van der Waals surface area contributed by atoms with Crippen LogP contribution in [0.3, 0.4) is 0 Å². The summed E-state index contributed by atoms with van der Waals surface area (Å²) in [6.07, 6.45) is 1.98. The molecule has 1 nitrogen and oxygen atoms in total. The summed E-state index contributed by atoms with van der Waals surface area (Å²) >= 11 is -1.86. The molecule has 0 atom stereocenters. The third-order valence-electron chi connectivity index (χ3n) is 3.16. The van der Waals surface area contributed by atoms with Crippen LogP contribution < -0.4 is 0 Å². The summed E-state index contributed by atoms with van der Waals surface area (Å²) in [5.74, 6) is 0. The molecule has 0 aliphatic carbocycles. The van der Waals surface area contributed by atoms with Crippen molar-refractivity contribution in [3.05, 3.63) is 9.85 Å². The van der Waals surface area contributed by atoms with Crippen molar-refractivity contribution >= 4 is 18.4 Å². The molecular weight excluding hydrogens is 255 g/mol. The summed E-state index contributed by atoms with van der Waals surface area (Å²) in [4.78, 5) is 0. The summed E-state index contributed by atoms with van der Waals surface area (Å²) in [5, 5.41) is 0. The van der Waals surface area contributed by atoms with Gasteiger partial charge in [-0.25, -0.2) is 0 Å². The van der Waals surface area contributed by atoms with Crippen molar-refractivity contribution in [2.45, 2.75) is 41.0 Å². The molecule has 12 heavy (non-hydrogen) atoms. The SMILES string of the molecule is C[CH2][Sn]([CH2]C)([CH2]C)[C](C)=COC. The van der Waals surface area contributed by atoms with Gasteiger partial charge < -0.3 is 0 Å². The van der Waals surface area contributed by atoms with Gasteiger partial charge in [0.05, 0.1) is 0 Å². The Labute approximate surface area is 81.1 Å². The molecule has 0 saturated carbocycles. The zero-order valence-corrected chi connectivity index (χ0v) is 12.0. The van der Waals surface area contributed by atoms with Gasteiger partial charge in [-0.2, -0.15) is 0 Å². The van der Waals surface area contributed by atoms with Crippen LogP contribution in [0.4, 0.5) is 0 Å². The molecule has 0 aromatic rings. The van der Waals surface area contributed by atoms with Gasteiger partial charge >= 0.3 is 81.1 Å². The molecule has 0 saturated heterocycles.